The number of para-hydroxylation sites is 2. The van der Waals surface area contributed by atoms with Crippen molar-refractivity contribution >= 4 is 11.0 Å². The zero-order valence-corrected chi connectivity index (χ0v) is 10.7. The van der Waals surface area contributed by atoms with Crippen LogP contribution in [0.2, 0.25) is 0 Å². The maximum absolute atomic E-state index is 5.33. The molecule has 1 aliphatic heterocycles. The van der Waals surface area contributed by atoms with Gasteiger partial charge in [0.05, 0.1) is 23.8 Å². The third kappa shape index (κ3) is 1.94. The van der Waals surface area contributed by atoms with Gasteiger partial charge in [0.2, 0.25) is 0 Å². The average molecular weight is 268 g/mol. The molecule has 2 aromatic heterocycles. The topological polar surface area (TPSA) is 73.9 Å². The van der Waals surface area contributed by atoms with E-state index in [1.807, 2.05) is 24.3 Å². The lowest BCUT2D eigenvalue weighted by molar-refractivity contribution is 0.192. The number of hydrogen-bond donors (Lipinski definition) is 0. The summed E-state index contributed by atoms with van der Waals surface area (Å²) in [6, 6.07) is 7.69. The minimum Gasteiger partial charge on any atom is -0.381 e. The van der Waals surface area contributed by atoms with Crippen LogP contribution >= 0.6 is 0 Å². The Morgan fingerprint density at radius 2 is 2.00 bits per heavy atom. The summed E-state index contributed by atoms with van der Waals surface area (Å²) in [5.41, 5.74) is 2.26. The predicted octanol–water partition coefficient (Wildman–Crippen LogP) is 2.18. The average Bonchev–Trinajstić information content (AvgIpc) is 3.17. The SMILES string of the molecule is c1ccc2nc(-c3nc(C4CCOC4)no3)cnc2c1. The van der Waals surface area contributed by atoms with Crippen LogP contribution in [0.4, 0.5) is 0 Å². The molecule has 100 valence electrons. The first-order chi connectivity index (χ1) is 9.90. The fourth-order valence-electron chi connectivity index (χ4n) is 2.30. The Kier molecular flexibility index (Phi) is 2.67. The molecule has 3 heterocycles. The first-order valence-electron chi connectivity index (χ1n) is 6.54. The molecule has 1 fully saturated rings. The highest BCUT2D eigenvalue weighted by Gasteiger charge is 2.23. The molecular weight excluding hydrogens is 256 g/mol. The van der Waals surface area contributed by atoms with E-state index in [9.17, 15) is 0 Å². The van der Waals surface area contributed by atoms with Crippen LogP contribution in [0.15, 0.2) is 35.0 Å². The molecule has 0 saturated carbocycles. The van der Waals surface area contributed by atoms with Gasteiger partial charge in [-0.25, -0.2) is 4.98 Å². The Hall–Kier alpha value is -2.34. The predicted molar refractivity (Wildman–Crippen MR) is 71.0 cm³/mol. The Labute approximate surface area is 114 Å². The lowest BCUT2D eigenvalue weighted by Crippen LogP contribution is -1.99. The highest BCUT2D eigenvalue weighted by Crippen LogP contribution is 2.25. The number of fused-ring (bicyclic) bond motifs is 1. The summed E-state index contributed by atoms with van der Waals surface area (Å²) in [6.45, 7) is 1.41. The number of hydrogen-bond acceptors (Lipinski definition) is 6. The van der Waals surface area contributed by atoms with Gasteiger partial charge in [0, 0.05) is 12.5 Å². The molecule has 1 aromatic carbocycles. The molecule has 1 unspecified atom stereocenters. The summed E-state index contributed by atoms with van der Waals surface area (Å²) < 4.78 is 10.6. The Bertz CT molecular complexity index is 750. The van der Waals surface area contributed by atoms with Gasteiger partial charge < -0.3 is 9.26 Å². The summed E-state index contributed by atoms with van der Waals surface area (Å²) in [7, 11) is 0. The molecule has 6 nitrogen and oxygen atoms in total. The van der Waals surface area contributed by atoms with Crippen molar-refractivity contribution in [3.8, 4) is 11.6 Å². The van der Waals surface area contributed by atoms with Gasteiger partial charge in [0.25, 0.3) is 5.89 Å². The first-order valence-corrected chi connectivity index (χ1v) is 6.54. The maximum Gasteiger partial charge on any atom is 0.278 e. The van der Waals surface area contributed by atoms with E-state index < -0.39 is 0 Å². The van der Waals surface area contributed by atoms with Crippen molar-refractivity contribution in [3.63, 3.8) is 0 Å². The second-order valence-electron chi connectivity index (χ2n) is 4.76. The zero-order chi connectivity index (χ0) is 13.4. The largest absolute Gasteiger partial charge is 0.381 e. The van der Waals surface area contributed by atoms with Crippen LogP contribution in [-0.2, 0) is 4.74 Å². The van der Waals surface area contributed by atoms with Gasteiger partial charge in [-0.05, 0) is 18.6 Å². The van der Waals surface area contributed by atoms with Crippen LogP contribution < -0.4 is 0 Å². The third-order valence-electron chi connectivity index (χ3n) is 3.40. The molecule has 0 bridgehead atoms. The molecule has 1 aliphatic rings. The monoisotopic (exact) mass is 268 g/mol. The lowest BCUT2D eigenvalue weighted by atomic mass is 10.1. The molecule has 0 spiro atoms. The molecule has 0 radical (unpaired) electrons. The van der Waals surface area contributed by atoms with Crippen molar-refractivity contribution in [2.45, 2.75) is 12.3 Å². The van der Waals surface area contributed by atoms with Gasteiger partial charge in [-0.1, -0.05) is 17.3 Å². The molecule has 6 heteroatoms. The number of ether oxygens (including phenoxy) is 1. The van der Waals surface area contributed by atoms with Gasteiger partial charge >= 0.3 is 0 Å². The van der Waals surface area contributed by atoms with E-state index in [1.54, 1.807) is 6.20 Å². The molecule has 0 amide bonds. The van der Waals surface area contributed by atoms with E-state index in [1.165, 1.54) is 0 Å². The Morgan fingerprint density at radius 3 is 2.85 bits per heavy atom. The van der Waals surface area contributed by atoms with Crippen molar-refractivity contribution in [2.24, 2.45) is 0 Å². The zero-order valence-electron chi connectivity index (χ0n) is 10.7. The molecule has 20 heavy (non-hydrogen) atoms. The molecular formula is C14H12N4O2. The van der Waals surface area contributed by atoms with Crippen molar-refractivity contribution < 1.29 is 9.26 Å². The van der Waals surface area contributed by atoms with E-state index in [2.05, 4.69) is 20.1 Å². The van der Waals surface area contributed by atoms with Gasteiger partial charge in [0.15, 0.2) is 5.82 Å². The van der Waals surface area contributed by atoms with E-state index in [-0.39, 0.29) is 5.92 Å². The van der Waals surface area contributed by atoms with E-state index in [0.29, 0.717) is 24.0 Å². The maximum atomic E-state index is 5.33. The van der Waals surface area contributed by atoms with Crippen molar-refractivity contribution in [2.75, 3.05) is 13.2 Å². The van der Waals surface area contributed by atoms with Gasteiger partial charge in [-0.2, -0.15) is 4.98 Å². The fraction of sp³-hybridized carbons (Fsp3) is 0.286. The first kappa shape index (κ1) is 11.5. The van der Waals surface area contributed by atoms with Gasteiger partial charge in [0.1, 0.15) is 5.69 Å². The summed E-state index contributed by atoms with van der Waals surface area (Å²) in [5, 5.41) is 4.02. The second-order valence-corrected chi connectivity index (χ2v) is 4.76. The quantitative estimate of drug-likeness (QED) is 0.709. The van der Waals surface area contributed by atoms with Crippen molar-refractivity contribution in [1.82, 2.24) is 20.1 Å². The lowest BCUT2D eigenvalue weighted by Gasteiger charge is -1.98. The highest BCUT2D eigenvalue weighted by molar-refractivity contribution is 5.75. The molecule has 3 aromatic rings. The number of benzene rings is 1. The Morgan fingerprint density at radius 1 is 1.10 bits per heavy atom. The molecule has 4 rings (SSSR count). The van der Waals surface area contributed by atoms with Crippen molar-refractivity contribution in [1.29, 1.82) is 0 Å². The minimum absolute atomic E-state index is 0.223. The summed E-state index contributed by atoms with van der Waals surface area (Å²) in [4.78, 5) is 13.3. The molecule has 0 aliphatic carbocycles. The van der Waals surface area contributed by atoms with Crippen LogP contribution in [0.3, 0.4) is 0 Å². The van der Waals surface area contributed by atoms with Crippen LogP contribution in [0.5, 0.6) is 0 Å². The smallest absolute Gasteiger partial charge is 0.278 e. The summed E-state index contributed by atoms with van der Waals surface area (Å²) in [6.07, 6.45) is 2.59. The van der Waals surface area contributed by atoms with E-state index in [4.69, 9.17) is 9.26 Å². The van der Waals surface area contributed by atoms with Crippen LogP contribution in [0.25, 0.3) is 22.6 Å². The summed E-state index contributed by atoms with van der Waals surface area (Å²) >= 11 is 0. The van der Waals surface area contributed by atoms with E-state index in [0.717, 1.165) is 24.1 Å². The van der Waals surface area contributed by atoms with Gasteiger partial charge in [-0.15, -0.1) is 0 Å². The summed E-state index contributed by atoms with van der Waals surface area (Å²) in [5.74, 6) is 1.32. The van der Waals surface area contributed by atoms with Crippen LogP contribution in [0.1, 0.15) is 18.2 Å². The van der Waals surface area contributed by atoms with Crippen LogP contribution in [-0.4, -0.2) is 33.3 Å². The molecule has 1 saturated heterocycles. The fourth-order valence-corrected chi connectivity index (χ4v) is 2.30. The third-order valence-corrected chi connectivity index (χ3v) is 3.40. The number of rotatable bonds is 2. The number of nitrogens with zero attached hydrogens (tertiary/aromatic N) is 4. The standard InChI is InChI=1S/C14H12N4O2/c1-2-4-11-10(3-1)15-7-12(16-11)14-17-13(18-20-14)9-5-6-19-8-9/h1-4,7,9H,5-6,8H2. The molecule has 0 N–H and O–H groups in total. The van der Waals surface area contributed by atoms with Crippen molar-refractivity contribution in [3.05, 3.63) is 36.3 Å². The second kappa shape index (κ2) is 4.64. The highest BCUT2D eigenvalue weighted by atomic mass is 16.5. The van der Waals surface area contributed by atoms with Crippen LogP contribution in [0, 0.1) is 0 Å². The normalized spacial score (nSPS) is 18.7. The number of aromatic nitrogens is 4. The molecule has 1 atom stereocenters. The van der Waals surface area contributed by atoms with Gasteiger partial charge in [-0.3, -0.25) is 4.98 Å². The Balaban J connectivity index is 1.71. The van der Waals surface area contributed by atoms with E-state index >= 15 is 0 Å². The minimum atomic E-state index is 0.223.